The van der Waals surface area contributed by atoms with Crippen LogP contribution in [0.25, 0.3) is 0 Å². The molecule has 0 bridgehead atoms. The van der Waals surface area contributed by atoms with Crippen molar-refractivity contribution in [3.05, 3.63) is 23.9 Å². The number of aryl methyl sites for hydroxylation is 1. The van der Waals surface area contributed by atoms with Crippen molar-refractivity contribution in [2.45, 2.75) is 19.3 Å². The number of aromatic nitrogens is 1. The zero-order valence-electron chi connectivity index (χ0n) is 8.18. The molecule has 1 heterocycles. The Labute approximate surface area is 88.5 Å². The van der Waals surface area contributed by atoms with E-state index in [1.165, 1.54) is 12.3 Å². The second-order valence-electron chi connectivity index (χ2n) is 3.11. The Kier molecular flexibility index (Phi) is 3.46. The van der Waals surface area contributed by atoms with Crippen LogP contribution in [0.2, 0.25) is 0 Å². The lowest BCUT2D eigenvalue weighted by atomic mass is 10.3. The molecule has 1 N–H and O–H groups in total. The minimum absolute atomic E-state index is 0.114. The molecule has 0 aromatic carbocycles. The standard InChI is InChI=1S/C9H8F4N2O/c1-5-2-3-14-6(4-5)15-8(16)7(10)9(11,12)13/h2-4,7H,1H3,(H,14,15,16)/t7-/m1/s1. The van der Waals surface area contributed by atoms with Gasteiger partial charge in [-0.3, -0.25) is 4.79 Å². The molecule has 0 fully saturated rings. The van der Waals surface area contributed by atoms with E-state index >= 15 is 0 Å². The summed E-state index contributed by atoms with van der Waals surface area (Å²) in [6, 6.07) is 2.92. The van der Waals surface area contributed by atoms with Crippen LogP contribution in [-0.2, 0) is 4.79 Å². The molecule has 1 aromatic heterocycles. The Morgan fingerprint density at radius 3 is 2.62 bits per heavy atom. The van der Waals surface area contributed by atoms with Crippen LogP contribution in [0.1, 0.15) is 5.56 Å². The van der Waals surface area contributed by atoms with E-state index in [2.05, 4.69) is 4.98 Å². The van der Waals surface area contributed by atoms with Crippen molar-refractivity contribution in [3.63, 3.8) is 0 Å². The van der Waals surface area contributed by atoms with Gasteiger partial charge >= 0.3 is 6.18 Å². The SMILES string of the molecule is Cc1ccnc(NC(=O)[C@@H](F)C(F)(F)F)c1. The third-order valence-electron chi connectivity index (χ3n) is 1.68. The lowest BCUT2D eigenvalue weighted by Crippen LogP contribution is -2.37. The quantitative estimate of drug-likeness (QED) is 0.800. The third-order valence-corrected chi connectivity index (χ3v) is 1.68. The Hall–Kier alpha value is -1.66. The van der Waals surface area contributed by atoms with E-state index < -0.39 is 18.3 Å². The monoisotopic (exact) mass is 236 g/mol. The van der Waals surface area contributed by atoms with Gasteiger partial charge in [0.1, 0.15) is 5.82 Å². The van der Waals surface area contributed by atoms with Crippen molar-refractivity contribution in [3.8, 4) is 0 Å². The minimum Gasteiger partial charge on any atom is -0.308 e. The van der Waals surface area contributed by atoms with Crippen molar-refractivity contribution < 1.29 is 22.4 Å². The van der Waals surface area contributed by atoms with Gasteiger partial charge in [-0.2, -0.15) is 13.2 Å². The molecule has 0 radical (unpaired) electrons. The zero-order chi connectivity index (χ0) is 12.3. The first-order chi connectivity index (χ1) is 7.30. The maximum atomic E-state index is 12.5. The molecular weight excluding hydrogens is 228 g/mol. The molecule has 3 nitrogen and oxygen atoms in total. The topological polar surface area (TPSA) is 42.0 Å². The minimum atomic E-state index is -5.20. The lowest BCUT2D eigenvalue weighted by molar-refractivity contribution is -0.183. The van der Waals surface area contributed by atoms with Gasteiger partial charge in [-0.25, -0.2) is 9.37 Å². The van der Waals surface area contributed by atoms with E-state index in [4.69, 9.17) is 0 Å². The van der Waals surface area contributed by atoms with Gasteiger partial charge in [0.25, 0.3) is 12.1 Å². The van der Waals surface area contributed by atoms with Gasteiger partial charge in [0.05, 0.1) is 0 Å². The lowest BCUT2D eigenvalue weighted by Gasteiger charge is -2.11. The fourth-order valence-corrected chi connectivity index (χ4v) is 0.943. The van der Waals surface area contributed by atoms with E-state index in [0.717, 1.165) is 0 Å². The smallest absolute Gasteiger partial charge is 0.308 e. The number of hydrogen-bond acceptors (Lipinski definition) is 2. The molecule has 88 valence electrons. The van der Waals surface area contributed by atoms with Crippen LogP contribution < -0.4 is 5.32 Å². The van der Waals surface area contributed by atoms with Crippen LogP contribution in [0.3, 0.4) is 0 Å². The van der Waals surface area contributed by atoms with Crippen LogP contribution in [0, 0.1) is 6.92 Å². The summed E-state index contributed by atoms with van der Waals surface area (Å²) in [4.78, 5) is 14.4. The van der Waals surface area contributed by atoms with Crippen LogP contribution in [0.15, 0.2) is 18.3 Å². The predicted molar refractivity (Wildman–Crippen MR) is 48.6 cm³/mol. The molecule has 1 atom stereocenters. The van der Waals surface area contributed by atoms with E-state index in [1.54, 1.807) is 18.3 Å². The molecule has 0 saturated heterocycles. The number of nitrogens with one attached hydrogen (secondary N) is 1. The summed E-state index contributed by atoms with van der Waals surface area (Å²) in [6.45, 7) is 1.66. The highest BCUT2D eigenvalue weighted by Gasteiger charge is 2.45. The number of hydrogen-bond donors (Lipinski definition) is 1. The van der Waals surface area contributed by atoms with Gasteiger partial charge in [-0.05, 0) is 24.6 Å². The Morgan fingerprint density at radius 2 is 2.12 bits per heavy atom. The highest BCUT2D eigenvalue weighted by molar-refractivity contribution is 5.93. The van der Waals surface area contributed by atoms with Crippen LogP contribution in [-0.4, -0.2) is 23.2 Å². The maximum Gasteiger partial charge on any atom is 0.428 e. The van der Waals surface area contributed by atoms with Gasteiger partial charge in [-0.15, -0.1) is 0 Å². The van der Waals surface area contributed by atoms with Gasteiger partial charge < -0.3 is 5.32 Å². The second-order valence-corrected chi connectivity index (χ2v) is 3.11. The number of halogens is 4. The summed E-state index contributed by atoms with van der Waals surface area (Å²) in [5.41, 5.74) is 0.688. The molecule has 0 unspecified atom stereocenters. The molecule has 1 amide bonds. The van der Waals surface area contributed by atoms with E-state index in [0.29, 0.717) is 5.56 Å². The van der Waals surface area contributed by atoms with Crippen molar-refractivity contribution in [2.75, 3.05) is 5.32 Å². The van der Waals surface area contributed by atoms with E-state index in [-0.39, 0.29) is 5.82 Å². The van der Waals surface area contributed by atoms with Crippen LogP contribution in [0.5, 0.6) is 0 Å². The zero-order valence-corrected chi connectivity index (χ0v) is 8.18. The molecule has 0 aliphatic heterocycles. The van der Waals surface area contributed by atoms with Crippen LogP contribution in [0.4, 0.5) is 23.4 Å². The molecular formula is C9H8F4N2O. The Bertz CT molecular complexity index is 391. The van der Waals surface area contributed by atoms with Crippen molar-refractivity contribution >= 4 is 11.7 Å². The summed E-state index contributed by atoms with van der Waals surface area (Å²) >= 11 is 0. The summed E-state index contributed by atoms with van der Waals surface area (Å²) in [5, 5.41) is 1.74. The number of rotatable bonds is 2. The molecule has 0 saturated carbocycles. The maximum absolute atomic E-state index is 12.5. The molecule has 1 aromatic rings. The number of amides is 1. The van der Waals surface area contributed by atoms with Gasteiger partial charge in [0.2, 0.25) is 0 Å². The Morgan fingerprint density at radius 1 is 1.50 bits per heavy atom. The summed E-state index contributed by atoms with van der Waals surface area (Å²) in [5.74, 6) is -1.89. The normalized spacial score (nSPS) is 13.3. The number of pyridine rings is 1. The fraction of sp³-hybridized carbons (Fsp3) is 0.333. The summed E-state index contributed by atoms with van der Waals surface area (Å²) in [7, 11) is 0. The van der Waals surface area contributed by atoms with Gasteiger partial charge in [0, 0.05) is 6.20 Å². The average molecular weight is 236 g/mol. The molecule has 0 spiro atoms. The molecule has 1 rings (SSSR count). The first-order valence-electron chi connectivity index (χ1n) is 4.25. The van der Waals surface area contributed by atoms with E-state index in [9.17, 15) is 22.4 Å². The number of alkyl halides is 4. The van der Waals surface area contributed by atoms with Gasteiger partial charge in [-0.1, -0.05) is 0 Å². The fourth-order valence-electron chi connectivity index (χ4n) is 0.943. The average Bonchev–Trinajstić information content (AvgIpc) is 2.15. The largest absolute Gasteiger partial charge is 0.428 e. The first-order valence-corrected chi connectivity index (χ1v) is 4.25. The van der Waals surface area contributed by atoms with Crippen molar-refractivity contribution in [2.24, 2.45) is 0 Å². The Balaban J connectivity index is 2.72. The molecule has 0 aliphatic rings. The number of nitrogens with zero attached hydrogens (tertiary/aromatic N) is 1. The predicted octanol–water partition coefficient (Wildman–Crippen LogP) is 2.23. The van der Waals surface area contributed by atoms with Crippen molar-refractivity contribution in [1.82, 2.24) is 4.98 Å². The van der Waals surface area contributed by atoms with Gasteiger partial charge in [0.15, 0.2) is 0 Å². The molecule has 7 heteroatoms. The summed E-state index contributed by atoms with van der Waals surface area (Å²) in [6.07, 6.45) is -7.45. The third kappa shape index (κ3) is 3.18. The second kappa shape index (κ2) is 4.46. The number of carbonyl (C=O) groups is 1. The van der Waals surface area contributed by atoms with Crippen molar-refractivity contribution in [1.29, 1.82) is 0 Å². The highest BCUT2D eigenvalue weighted by Crippen LogP contribution is 2.23. The summed E-state index contributed by atoms with van der Waals surface area (Å²) < 4.78 is 48.0. The molecule has 0 aliphatic carbocycles. The van der Waals surface area contributed by atoms with E-state index in [1.807, 2.05) is 0 Å². The molecule has 16 heavy (non-hydrogen) atoms. The first kappa shape index (κ1) is 12.4. The number of anilines is 1. The van der Waals surface area contributed by atoms with Crippen LogP contribution >= 0.6 is 0 Å². The highest BCUT2D eigenvalue weighted by atomic mass is 19.4. The number of carbonyl (C=O) groups excluding carboxylic acids is 1.